The molecule has 0 radical (unpaired) electrons. The molecule has 2 heterocycles. The van der Waals surface area contributed by atoms with Crippen molar-refractivity contribution >= 4 is 17.3 Å². The van der Waals surface area contributed by atoms with E-state index in [1.807, 2.05) is 13.8 Å². The van der Waals surface area contributed by atoms with Gasteiger partial charge in [-0.2, -0.15) is 0 Å². The van der Waals surface area contributed by atoms with Crippen LogP contribution in [-0.4, -0.2) is 46.2 Å². The molecule has 1 saturated heterocycles. The van der Waals surface area contributed by atoms with Crippen molar-refractivity contribution in [3.63, 3.8) is 0 Å². The molecule has 0 atom stereocenters. The second-order valence-corrected chi connectivity index (χ2v) is 5.34. The van der Waals surface area contributed by atoms with Gasteiger partial charge in [-0.1, -0.05) is 5.16 Å². The summed E-state index contributed by atoms with van der Waals surface area (Å²) in [6.07, 6.45) is 1.35. The Labute approximate surface area is 121 Å². The molecule has 9 nitrogen and oxygen atoms in total. The number of nitro groups is 1. The van der Waals surface area contributed by atoms with Crippen LogP contribution in [0.1, 0.15) is 19.4 Å². The van der Waals surface area contributed by atoms with Crippen molar-refractivity contribution in [1.29, 1.82) is 0 Å². The minimum absolute atomic E-state index is 0.184. The molecule has 0 unspecified atom stereocenters. The minimum Gasteiger partial charge on any atom is -0.409 e. The summed E-state index contributed by atoms with van der Waals surface area (Å²) in [6, 6.07) is 1.25. The van der Waals surface area contributed by atoms with Crippen LogP contribution in [0.2, 0.25) is 0 Å². The van der Waals surface area contributed by atoms with Gasteiger partial charge in [-0.25, -0.2) is 4.98 Å². The average Bonchev–Trinajstić information content (AvgIpc) is 2.44. The zero-order chi connectivity index (χ0) is 15.6. The summed E-state index contributed by atoms with van der Waals surface area (Å²) in [5.41, 5.74) is 5.05. The molecule has 0 aliphatic carbocycles. The van der Waals surface area contributed by atoms with E-state index in [0.717, 1.165) is 0 Å². The number of amidine groups is 1. The van der Waals surface area contributed by atoms with Crippen LogP contribution >= 0.6 is 0 Å². The van der Waals surface area contributed by atoms with Crippen LogP contribution in [0.3, 0.4) is 0 Å². The van der Waals surface area contributed by atoms with E-state index in [9.17, 15) is 10.1 Å². The van der Waals surface area contributed by atoms with Crippen molar-refractivity contribution in [3.05, 3.63) is 27.9 Å². The molecule has 1 fully saturated rings. The van der Waals surface area contributed by atoms with E-state index >= 15 is 0 Å². The molecule has 21 heavy (non-hydrogen) atoms. The summed E-state index contributed by atoms with van der Waals surface area (Å²) in [6.45, 7) is 5.29. The van der Waals surface area contributed by atoms with Crippen molar-refractivity contribution in [2.45, 2.75) is 19.4 Å². The van der Waals surface area contributed by atoms with E-state index in [4.69, 9.17) is 15.7 Å². The summed E-state index contributed by atoms with van der Waals surface area (Å²) < 4.78 is 5.59. The average molecular weight is 295 g/mol. The molecular formula is C12H17N5O4. The molecule has 0 aromatic carbocycles. The Hall–Kier alpha value is -2.42. The van der Waals surface area contributed by atoms with Gasteiger partial charge in [-0.15, -0.1) is 0 Å². The lowest BCUT2D eigenvalue weighted by atomic mass is 10.1. The Morgan fingerprint density at radius 3 is 2.95 bits per heavy atom. The van der Waals surface area contributed by atoms with E-state index in [0.29, 0.717) is 19.7 Å². The van der Waals surface area contributed by atoms with Gasteiger partial charge in [-0.3, -0.25) is 10.1 Å². The minimum atomic E-state index is -0.529. The molecular weight excluding hydrogens is 278 g/mol. The van der Waals surface area contributed by atoms with Crippen LogP contribution in [-0.2, 0) is 4.74 Å². The zero-order valence-electron chi connectivity index (χ0n) is 11.8. The Morgan fingerprint density at radius 2 is 2.38 bits per heavy atom. The fraction of sp³-hybridized carbons (Fsp3) is 0.500. The highest BCUT2D eigenvalue weighted by Crippen LogP contribution is 2.30. The lowest BCUT2D eigenvalue weighted by molar-refractivity contribution is -0.384. The molecule has 1 aromatic rings. The maximum absolute atomic E-state index is 11.3. The zero-order valence-corrected chi connectivity index (χ0v) is 11.8. The van der Waals surface area contributed by atoms with Gasteiger partial charge in [0.05, 0.1) is 17.1 Å². The molecule has 1 aromatic heterocycles. The van der Waals surface area contributed by atoms with Crippen LogP contribution < -0.4 is 10.6 Å². The summed E-state index contributed by atoms with van der Waals surface area (Å²) in [5, 5.41) is 22.7. The Kier molecular flexibility index (Phi) is 3.94. The van der Waals surface area contributed by atoms with Crippen molar-refractivity contribution in [2.75, 3.05) is 24.6 Å². The van der Waals surface area contributed by atoms with Gasteiger partial charge in [0.25, 0.3) is 0 Å². The molecule has 3 N–H and O–H groups in total. The third-order valence-corrected chi connectivity index (χ3v) is 3.17. The molecule has 1 aliphatic heterocycles. The number of anilines is 1. The first-order valence-electron chi connectivity index (χ1n) is 6.35. The highest BCUT2D eigenvalue weighted by molar-refractivity contribution is 5.97. The molecule has 0 bridgehead atoms. The lowest BCUT2D eigenvalue weighted by Gasteiger charge is -2.38. The standard InChI is InChI=1S/C12H17N5O4/c1-12(2)7-16(3-4-21-12)11-9(17(19)20)5-8(6-14-11)10(13)15-18/h5-6,18H,3-4,7H2,1-2H3,(H2,13,15). The van der Waals surface area contributed by atoms with E-state index in [2.05, 4.69) is 10.1 Å². The van der Waals surface area contributed by atoms with Crippen LogP contribution in [0, 0.1) is 10.1 Å². The number of hydrogen-bond donors (Lipinski definition) is 2. The van der Waals surface area contributed by atoms with Gasteiger partial charge in [0, 0.05) is 30.9 Å². The quantitative estimate of drug-likeness (QED) is 0.276. The topological polar surface area (TPSA) is 127 Å². The maximum Gasteiger partial charge on any atom is 0.312 e. The van der Waals surface area contributed by atoms with Crippen molar-refractivity contribution in [1.82, 2.24) is 4.98 Å². The number of nitrogens with two attached hydrogens (primary N) is 1. The summed E-state index contributed by atoms with van der Waals surface area (Å²) in [4.78, 5) is 16.6. The largest absolute Gasteiger partial charge is 0.409 e. The first-order valence-corrected chi connectivity index (χ1v) is 6.35. The van der Waals surface area contributed by atoms with E-state index in [-0.39, 0.29) is 22.9 Å². The number of oxime groups is 1. The number of ether oxygens (including phenoxy) is 1. The van der Waals surface area contributed by atoms with E-state index < -0.39 is 10.5 Å². The predicted octanol–water partition coefficient (Wildman–Crippen LogP) is 0.699. The van der Waals surface area contributed by atoms with Gasteiger partial charge >= 0.3 is 5.69 Å². The SMILES string of the molecule is CC1(C)CN(c2ncc(C(N)=NO)cc2[N+](=O)[O-])CCO1. The third-order valence-electron chi connectivity index (χ3n) is 3.17. The van der Waals surface area contributed by atoms with E-state index in [1.165, 1.54) is 12.3 Å². The van der Waals surface area contributed by atoms with Gasteiger partial charge in [-0.05, 0) is 13.8 Å². The van der Waals surface area contributed by atoms with Gasteiger partial charge in [0.2, 0.25) is 5.82 Å². The van der Waals surface area contributed by atoms with Gasteiger partial charge in [0.15, 0.2) is 5.84 Å². The summed E-state index contributed by atoms with van der Waals surface area (Å²) in [7, 11) is 0. The molecule has 1 aliphatic rings. The smallest absolute Gasteiger partial charge is 0.312 e. The Balaban J connectivity index is 2.41. The number of morpholine rings is 1. The number of rotatable bonds is 3. The third kappa shape index (κ3) is 3.19. The maximum atomic E-state index is 11.3. The van der Waals surface area contributed by atoms with Crippen LogP contribution in [0.4, 0.5) is 11.5 Å². The van der Waals surface area contributed by atoms with Crippen LogP contribution in [0.15, 0.2) is 17.4 Å². The highest BCUT2D eigenvalue weighted by atomic mass is 16.6. The van der Waals surface area contributed by atoms with Crippen molar-refractivity contribution in [2.24, 2.45) is 10.9 Å². The first kappa shape index (κ1) is 15.0. The van der Waals surface area contributed by atoms with Crippen molar-refractivity contribution < 1.29 is 14.9 Å². The summed E-state index contributed by atoms with van der Waals surface area (Å²) in [5.74, 6) is 0.0327. The highest BCUT2D eigenvalue weighted by Gasteiger charge is 2.32. The number of nitrogens with zero attached hydrogens (tertiary/aromatic N) is 4. The van der Waals surface area contributed by atoms with Crippen LogP contribution in [0.5, 0.6) is 0 Å². The number of hydrogen-bond acceptors (Lipinski definition) is 7. The molecule has 114 valence electrons. The normalized spacial score (nSPS) is 18.6. The fourth-order valence-electron chi connectivity index (χ4n) is 2.22. The van der Waals surface area contributed by atoms with Gasteiger partial charge in [0.1, 0.15) is 0 Å². The second kappa shape index (κ2) is 5.52. The predicted molar refractivity (Wildman–Crippen MR) is 75.6 cm³/mol. The first-order chi connectivity index (χ1) is 9.84. The fourth-order valence-corrected chi connectivity index (χ4v) is 2.22. The number of pyridine rings is 1. The van der Waals surface area contributed by atoms with Crippen molar-refractivity contribution in [3.8, 4) is 0 Å². The Morgan fingerprint density at radius 1 is 1.67 bits per heavy atom. The molecule has 9 heteroatoms. The van der Waals surface area contributed by atoms with Crippen LogP contribution in [0.25, 0.3) is 0 Å². The molecule has 0 saturated carbocycles. The second-order valence-electron chi connectivity index (χ2n) is 5.34. The van der Waals surface area contributed by atoms with Gasteiger partial charge < -0.3 is 20.6 Å². The monoisotopic (exact) mass is 295 g/mol. The lowest BCUT2D eigenvalue weighted by Crippen LogP contribution is -2.48. The molecule has 2 rings (SSSR count). The Bertz CT molecular complexity index is 587. The number of aromatic nitrogens is 1. The van der Waals surface area contributed by atoms with E-state index in [1.54, 1.807) is 4.90 Å². The molecule has 0 spiro atoms. The molecule has 0 amide bonds. The summed E-state index contributed by atoms with van der Waals surface area (Å²) >= 11 is 0.